The number of hydrogen-bond donors (Lipinski definition) is 0. The van der Waals surface area contributed by atoms with Gasteiger partial charge in [-0.1, -0.05) is 0 Å². The van der Waals surface area contributed by atoms with Gasteiger partial charge in [0.1, 0.15) is 0 Å². The number of esters is 2. The first kappa shape index (κ1) is 20.1. The summed E-state index contributed by atoms with van der Waals surface area (Å²) in [7, 11) is -3.67. The summed E-state index contributed by atoms with van der Waals surface area (Å²) in [4.78, 5) is 23.4. The Morgan fingerprint density at radius 1 is 0.905 bits per heavy atom. The van der Waals surface area contributed by atoms with Gasteiger partial charge in [0.25, 0.3) is 0 Å². The molecule has 0 saturated heterocycles. The van der Waals surface area contributed by atoms with Crippen molar-refractivity contribution in [2.75, 3.05) is 26.4 Å². The van der Waals surface area contributed by atoms with Gasteiger partial charge in [0.05, 0.1) is 26.4 Å². The lowest BCUT2D eigenvalue weighted by Crippen LogP contribution is -2.27. The fraction of sp³-hybridized carbons (Fsp3) is 0.846. The summed E-state index contributed by atoms with van der Waals surface area (Å²) in [5.74, 6) is -1.15. The van der Waals surface area contributed by atoms with Gasteiger partial charge in [-0.2, -0.15) is 0 Å². The molecule has 0 N–H and O–H groups in total. The number of carbonyl (C=O) groups excluding carboxylic acids is 2. The van der Waals surface area contributed by atoms with Gasteiger partial charge in [-0.25, -0.2) is 0 Å². The quantitative estimate of drug-likeness (QED) is 0.426. The van der Waals surface area contributed by atoms with Crippen LogP contribution < -0.4 is 0 Å². The van der Waals surface area contributed by atoms with Crippen LogP contribution in [-0.2, 0) is 32.7 Å². The second-order valence-corrected chi connectivity index (χ2v) is 6.21. The average Bonchev–Trinajstić information content (AvgIpc) is 2.40. The Labute approximate surface area is 125 Å². The molecule has 0 saturated carbocycles. The minimum atomic E-state index is -3.67. The highest BCUT2D eigenvalue weighted by molar-refractivity contribution is 7.55. The van der Waals surface area contributed by atoms with Crippen molar-refractivity contribution < 1.29 is 32.7 Å². The highest BCUT2D eigenvalue weighted by Gasteiger charge is 2.42. The molecule has 124 valence electrons. The zero-order valence-corrected chi connectivity index (χ0v) is 14.0. The molecule has 1 unspecified atom stereocenters. The summed E-state index contributed by atoms with van der Waals surface area (Å²) in [5.41, 5.74) is -1.12. The van der Waals surface area contributed by atoms with Gasteiger partial charge in [-0.05, 0) is 34.1 Å². The van der Waals surface area contributed by atoms with Crippen LogP contribution in [0.15, 0.2) is 0 Å². The molecule has 0 aliphatic heterocycles. The molecular weight excluding hydrogens is 299 g/mol. The van der Waals surface area contributed by atoms with E-state index in [0.29, 0.717) is 0 Å². The number of ether oxygens (including phenoxy) is 2. The topological polar surface area (TPSA) is 88.1 Å². The van der Waals surface area contributed by atoms with E-state index in [1.165, 1.54) is 0 Å². The Kier molecular flexibility index (Phi) is 10.3. The summed E-state index contributed by atoms with van der Waals surface area (Å²) >= 11 is 0. The molecule has 21 heavy (non-hydrogen) atoms. The van der Waals surface area contributed by atoms with Crippen LogP contribution in [0.1, 0.15) is 40.5 Å². The van der Waals surface area contributed by atoms with Crippen molar-refractivity contribution >= 4 is 19.5 Å². The predicted octanol–water partition coefficient (Wildman–Crippen LogP) is 2.53. The van der Waals surface area contributed by atoms with Crippen LogP contribution in [0.4, 0.5) is 0 Å². The first-order valence-corrected chi connectivity index (χ1v) is 8.77. The second kappa shape index (κ2) is 10.8. The van der Waals surface area contributed by atoms with Crippen molar-refractivity contribution in [3.63, 3.8) is 0 Å². The molecule has 0 aromatic heterocycles. The van der Waals surface area contributed by atoms with E-state index in [0.717, 1.165) is 0 Å². The molecule has 0 aliphatic carbocycles. The molecule has 0 aliphatic rings. The van der Waals surface area contributed by atoms with Crippen LogP contribution in [0, 0.1) is 0 Å². The molecule has 0 aromatic rings. The fourth-order valence-corrected chi connectivity index (χ4v) is 3.64. The summed E-state index contributed by atoms with van der Waals surface area (Å²) < 4.78 is 32.8. The van der Waals surface area contributed by atoms with Crippen molar-refractivity contribution in [1.29, 1.82) is 0 Å². The molecule has 7 nitrogen and oxygen atoms in total. The smallest absolute Gasteiger partial charge is 0.344 e. The largest absolute Gasteiger partial charge is 0.466 e. The Bertz CT molecular complexity index is 360. The van der Waals surface area contributed by atoms with Gasteiger partial charge >= 0.3 is 19.5 Å². The Hall–Kier alpha value is -0.910. The van der Waals surface area contributed by atoms with Gasteiger partial charge in [0, 0.05) is 6.42 Å². The van der Waals surface area contributed by atoms with Gasteiger partial charge in [0.2, 0.25) is 0 Å². The Morgan fingerprint density at radius 2 is 1.43 bits per heavy atom. The van der Waals surface area contributed by atoms with Crippen LogP contribution >= 0.6 is 7.60 Å². The van der Waals surface area contributed by atoms with Crippen molar-refractivity contribution in [2.24, 2.45) is 0 Å². The third-order valence-electron chi connectivity index (χ3n) is 2.49. The van der Waals surface area contributed by atoms with Crippen LogP contribution in [0.25, 0.3) is 0 Å². The van der Waals surface area contributed by atoms with E-state index in [1.54, 1.807) is 27.7 Å². The fourth-order valence-electron chi connectivity index (χ4n) is 1.71. The molecule has 8 heteroatoms. The van der Waals surface area contributed by atoms with Crippen LogP contribution in [0.5, 0.6) is 0 Å². The lowest BCUT2D eigenvalue weighted by atomic mass is 10.2. The Balaban J connectivity index is 5.04. The minimum absolute atomic E-state index is 0.00502. The number of rotatable bonds is 11. The van der Waals surface area contributed by atoms with E-state index in [2.05, 4.69) is 0 Å². The molecule has 0 fully saturated rings. The van der Waals surface area contributed by atoms with Crippen LogP contribution in [0.3, 0.4) is 0 Å². The number of carbonyl (C=O) groups is 2. The maximum atomic E-state index is 12.7. The van der Waals surface area contributed by atoms with E-state index in [4.69, 9.17) is 18.5 Å². The zero-order chi connectivity index (χ0) is 16.3. The zero-order valence-electron chi connectivity index (χ0n) is 13.1. The van der Waals surface area contributed by atoms with Crippen LogP contribution in [0.2, 0.25) is 0 Å². The molecule has 0 rings (SSSR count). The summed E-state index contributed by atoms with van der Waals surface area (Å²) in [5, 5.41) is 0. The van der Waals surface area contributed by atoms with Crippen molar-refractivity contribution in [1.82, 2.24) is 0 Å². The summed E-state index contributed by atoms with van der Waals surface area (Å²) in [6, 6.07) is 0. The normalized spacial score (nSPS) is 12.8. The van der Waals surface area contributed by atoms with Gasteiger partial charge in [-0.3, -0.25) is 14.2 Å². The molecule has 0 spiro atoms. The lowest BCUT2D eigenvalue weighted by molar-refractivity contribution is -0.144. The average molecular weight is 324 g/mol. The van der Waals surface area contributed by atoms with Gasteiger partial charge < -0.3 is 18.5 Å². The molecule has 0 bridgehead atoms. The first-order valence-electron chi connectivity index (χ1n) is 7.16. The van der Waals surface area contributed by atoms with E-state index in [9.17, 15) is 14.2 Å². The molecule has 0 aromatic carbocycles. The Morgan fingerprint density at radius 3 is 1.86 bits per heavy atom. The maximum absolute atomic E-state index is 12.7. The second-order valence-electron chi connectivity index (χ2n) is 3.99. The summed E-state index contributed by atoms with van der Waals surface area (Å²) in [6.45, 7) is 7.29. The third-order valence-corrected chi connectivity index (χ3v) is 4.95. The third kappa shape index (κ3) is 7.07. The maximum Gasteiger partial charge on any atom is 0.344 e. The van der Waals surface area contributed by atoms with Crippen molar-refractivity contribution in [3.8, 4) is 0 Å². The van der Waals surface area contributed by atoms with E-state index in [1.807, 2.05) is 0 Å². The van der Waals surface area contributed by atoms with E-state index in [-0.39, 0.29) is 39.3 Å². The van der Waals surface area contributed by atoms with Crippen molar-refractivity contribution in [3.05, 3.63) is 0 Å². The highest BCUT2D eigenvalue weighted by atomic mass is 31.2. The van der Waals surface area contributed by atoms with Crippen molar-refractivity contribution in [2.45, 2.75) is 46.2 Å². The standard InChI is InChI=1S/C13H25O7P/c1-5-17-12(14)10-9-11(13(15)18-6-2)21(16,19-7-3)20-8-4/h11H,5-10H2,1-4H3. The molecule has 0 heterocycles. The first-order chi connectivity index (χ1) is 9.95. The number of hydrogen-bond acceptors (Lipinski definition) is 7. The van der Waals surface area contributed by atoms with E-state index >= 15 is 0 Å². The monoisotopic (exact) mass is 324 g/mol. The predicted molar refractivity (Wildman–Crippen MR) is 77.1 cm³/mol. The van der Waals surface area contributed by atoms with Gasteiger partial charge in [-0.15, -0.1) is 0 Å². The summed E-state index contributed by atoms with van der Waals surface area (Å²) in [6.07, 6.45) is -0.0591. The van der Waals surface area contributed by atoms with Gasteiger partial charge in [0.15, 0.2) is 5.66 Å². The lowest BCUT2D eigenvalue weighted by Gasteiger charge is -2.24. The minimum Gasteiger partial charge on any atom is -0.466 e. The molecule has 0 radical (unpaired) electrons. The molecular formula is C13H25O7P. The van der Waals surface area contributed by atoms with E-state index < -0.39 is 25.2 Å². The van der Waals surface area contributed by atoms with Crippen LogP contribution in [-0.4, -0.2) is 44.0 Å². The SMILES string of the molecule is CCOC(=O)CCC(C(=O)OCC)P(=O)(OCC)OCC. The highest BCUT2D eigenvalue weighted by Crippen LogP contribution is 2.55. The molecule has 1 atom stereocenters. The molecule has 0 amide bonds.